The van der Waals surface area contributed by atoms with E-state index in [-0.39, 0.29) is 12.6 Å². The zero-order valence-corrected chi connectivity index (χ0v) is 18.3. The lowest BCUT2D eigenvalue weighted by Crippen LogP contribution is -2.32. The zero-order chi connectivity index (χ0) is 22.3. The molecule has 1 aromatic heterocycles. The van der Waals surface area contributed by atoms with E-state index in [9.17, 15) is 0 Å². The molecule has 164 valence electrons. The number of methoxy groups -OCH3 is 1. The number of nitrogens with zero attached hydrogens (tertiary/aromatic N) is 2. The minimum absolute atomic E-state index is 0.140. The van der Waals surface area contributed by atoms with Gasteiger partial charge in [-0.15, -0.1) is 0 Å². The lowest BCUT2D eigenvalue weighted by atomic mass is 9.81. The van der Waals surface area contributed by atoms with Crippen molar-refractivity contribution in [3.8, 4) is 28.5 Å². The van der Waals surface area contributed by atoms with Gasteiger partial charge in [-0.1, -0.05) is 36.4 Å². The fourth-order valence-corrected chi connectivity index (χ4v) is 3.91. The van der Waals surface area contributed by atoms with Crippen LogP contribution in [0.15, 0.2) is 65.8 Å². The van der Waals surface area contributed by atoms with Crippen LogP contribution in [-0.4, -0.2) is 36.9 Å². The molecule has 7 nitrogen and oxygen atoms in total. The first kappa shape index (κ1) is 20.3. The SMILES string of the molecule is COC(C)(C)COc1cnc2c(c1)[C@]1(COC(N)=N1)c1cc(-c3ccccc3)ccc1O2. The van der Waals surface area contributed by atoms with Crippen molar-refractivity contribution >= 4 is 6.02 Å². The van der Waals surface area contributed by atoms with Crippen molar-refractivity contribution in [2.75, 3.05) is 20.3 Å². The van der Waals surface area contributed by atoms with Crippen LogP contribution in [0.25, 0.3) is 11.1 Å². The normalized spacial score (nSPS) is 18.9. The van der Waals surface area contributed by atoms with E-state index in [2.05, 4.69) is 23.2 Å². The maximum atomic E-state index is 6.15. The highest BCUT2D eigenvalue weighted by atomic mass is 16.5. The molecule has 0 amide bonds. The number of pyridine rings is 1. The maximum absolute atomic E-state index is 6.15. The Balaban J connectivity index is 1.60. The average molecular weight is 431 g/mol. The molecular weight excluding hydrogens is 406 g/mol. The van der Waals surface area contributed by atoms with Crippen molar-refractivity contribution in [2.24, 2.45) is 10.7 Å². The van der Waals surface area contributed by atoms with Crippen molar-refractivity contribution < 1.29 is 18.9 Å². The average Bonchev–Trinajstić information content (AvgIpc) is 3.21. The molecule has 32 heavy (non-hydrogen) atoms. The van der Waals surface area contributed by atoms with Crippen LogP contribution in [0.2, 0.25) is 0 Å². The minimum Gasteiger partial charge on any atom is -0.489 e. The van der Waals surface area contributed by atoms with Crippen molar-refractivity contribution in [2.45, 2.75) is 25.0 Å². The van der Waals surface area contributed by atoms with Gasteiger partial charge in [0.1, 0.15) is 24.7 Å². The molecule has 2 aromatic carbocycles. The third-order valence-corrected chi connectivity index (χ3v) is 5.88. The highest BCUT2D eigenvalue weighted by Crippen LogP contribution is 2.51. The molecule has 3 aromatic rings. The number of aliphatic imine (C=N–C) groups is 1. The highest BCUT2D eigenvalue weighted by Gasteiger charge is 2.48. The molecule has 1 spiro atoms. The Kier molecular flexibility index (Phi) is 4.78. The maximum Gasteiger partial charge on any atom is 0.283 e. The van der Waals surface area contributed by atoms with Gasteiger partial charge in [-0.2, -0.15) is 0 Å². The number of benzene rings is 2. The van der Waals surface area contributed by atoms with Crippen molar-refractivity contribution in [1.29, 1.82) is 0 Å². The molecule has 0 saturated carbocycles. The number of ether oxygens (including phenoxy) is 4. The van der Waals surface area contributed by atoms with E-state index in [0.29, 0.717) is 24.0 Å². The molecule has 0 saturated heterocycles. The van der Waals surface area contributed by atoms with Crippen molar-refractivity contribution in [3.05, 3.63) is 71.9 Å². The number of nitrogens with two attached hydrogens (primary N) is 1. The Labute approximate surface area is 186 Å². The van der Waals surface area contributed by atoms with Crippen LogP contribution in [0.3, 0.4) is 0 Å². The number of hydrogen-bond donors (Lipinski definition) is 1. The van der Waals surface area contributed by atoms with Crippen LogP contribution in [0, 0.1) is 0 Å². The molecule has 2 aliphatic heterocycles. The molecule has 0 radical (unpaired) electrons. The van der Waals surface area contributed by atoms with E-state index >= 15 is 0 Å². The first-order valence-corrected chi connectivity index (χ1v) is 10.4. The highest BCUT2D eigenvalue weighted by molar-refractivity contribution is 5.77. The summed E-state index contributed by atoms with van der Waals surface area (Å²) in [5, 5.41) is 0. The summed E-state index contributed by atoms with van der Waals surface area (Å²) in [5.41, 5.74) is 8.49. The van der Waals surface area contributed by atoms with Gasteiger partial charge >= 0.3 is 0 Å². The van der Waals surface area contributed by atoms with E-state index in [0.717, 1.165) is 22.3 Å². The Bertz CT molecular complexity index is 1190. The molecule has 5 rings (SSSR count). The van der Waals surface area contributed by atoms with Gasteiger partial charge in [0, 0.05) is 12.7 Å². The van der Waals surface area contributed by atoms with Crippen molar-refractivity contribution in [3.63, 3.8) is 0 Å². The van der Waals surface area contributed by atoms with Crippen LogP contribution in [0.5, 0.6) is 17.4 Å². The second-order valence-electron chi connectivity index (χ2n) is 8.55. The number of hydrogen-bond acceptors (Lipinski definition) is 7. The summed E-state index contributed by atoms with van der Waals surface area (Å²) in [6.07, 6.45) is 1.64. The van der Waals surface area contributed by atoms with E-state index in [1.165, 1.54) is 0 Å². The number of aromatic nitrogens is 1. The summed E-state index contributed by atoms with van der Waals surface area (Å²) < 4.78 is 23.2. The molecule has 2 aliphatic rings. The molecule has 0 bridgehead atoms. The van der Waals surface area contributed by atoms with Crippen LogP contribution in [-0.2, 0) is 15.0 Å². The number of fused-ring (bicyclic) bond motifs is 4. The Morgan fingerprint density at radius 2 is 1.88 bits per heavy atom. The summed E-state index contributed by atoms with van der Waals surface area (Å²) in [7, 11) is 1.66. The zero-order valence-electron chi connectivity index (χ0n) is 18.3. The molecular formula is C25H25N3O4. The molecule has 0 unspecified atom stereocenters. The van der Waals surface area contributed by atoms with Gasteiger partial charge in [0.05, 0.1) is 17.4 Å². The third-order valence-electron chi connectivity index (χ3n) is 5.88. The largest absolute Gasteiger partial charge is 0.489 e. The van der Waals surface area contributed by atoms with Gasteiger partial charge in [-0.3, -0.25) is 0 Å². The molecule has 3 heterocycles. The molecule has 2 N–H and O–H groups in total. The second kappa shape index (κ2) is 7.53. The number of amidine groups is 1. The Hall–Kier alpha value is -3.58. The van der Waals surface area contributed by atoms with Gasteiger partial charge in [0.25, 0.3) is 6.02 Å². The predicted octanol–water partition coefficient (Wildman–Crippen LogP) is 4.25. The topological polar surface area (TPSA) is 88.2 Å². The Morgan fingerprint density at radius 1 is 1.06 bits per heavy atom. The van der Waals surface area contributed by atoms with Gasteiger partial charge < -0.3 is 24.7 Å². The summed E-state index contributed by atoms with van der Waals surface area (Å²) >= 11 is 0. The van der Waals surface area contributed by atoms with Gasteiger partial charge in [0.15, 0.2) is 5.54 Å². The molecule has 7 heteroatoms. The van der Waals surface area contributed by atoms with Crippen LogP contribution in [0.4, 0.5) is 0 Å². The van der Waals surface area contributed by atoms with Crippen LogP contribution >= 0.6 is 0 Å². The minimum atomic E-state index is -0.860. The quantitative estimate of drug-likeness (QED) is 0.650. The van der Waals surface area contributed by atoms with Gasteiger partial charge in [-0.05, 0) is 43.2 Å². The fraction of sp³-hybridized carbons (Fsp3) is 0.280. The van der Waals surface area contributed by atoms with Crippen LogP contribution < -0.4 is 15.2 Å². The van der Waals surface area contributed by atoms with Crippen molar-refractivity contribution in [1.82, 2.24) is 4.98 Å². The predicted molar refractivity (Wildman–Crippen MR) is 121 cm³/mol. The lowest BCUT2D eigenvalue weighted by molar-refractivity contribution is -0.0148. The van der Waals surface area contributed by atoms with Gasteiger partial charge in [-0.25, -0.2) is 9.98 Å². The first-order valence-electron chi connectivity index (χ1n) is 10.4. The molecule has 1 atom stereocenters. The third kappa shape index (κ3) is 3.44. The van der Waals surface area contributed by atoms with Gasteiger partial charge in [0.2, 0.25) is 5.88 Å². The van der Waals surface area contributed by atoms with E-state index in [4.69, 9.17) is 29.7 Å². The van der Waals surface area contributed by atoms with E-state index < -0.39 is 11.1 Å². The summed E-state index contributed by atoms with van der Waals surface area (Å²) in [4.78, 5) is 9.25. The fourth-order valence-electron chi connectivity index (χ4n) is 3.91. The Morgan fingerprint density at radius 3 is 2.59 bits per heavy atom. The summed E-state index contributed by atoms with van der Waals surface area (Å²) in [6, 6.07) is 18.3. The van der Waals surface area contributed by atoms with Crippen LogP contribution in [0.1, 0.15) is 25.0 Å². The summed E-state index contributed by atoms with van der Waals surface area (Å²) in [5.74, 6) is 1.74. The second-order valence-corrected chi connectivity index (χ2v) is 8.55. The lowest BCUT2D eigenvalue weighted by Gasteiger charge is -2.33. The first-order chi connectivity index (χ1) is 15.4. The molecule has 0 fully saturated rings. The standard InChI is InChI=1S/C25H25N3O4/c1-24(2,29-3)14-30-18-12-20-22(27-13-18)32-21-10-9-17(16-7-5-4-6-8-16)11-19(21)25(20)15-31-23(26)28-25/h4-13H,14-15H2,1-3H3,(H2,26,28)/t25-/m0/s1. The summed E-state index contributed by atoms with van der Waals surface area (Å²) in [6.45, 7) is 4.55. The smallest absolute Gasteiger partial charge is 0.283 e. The monoisotopic (exact) mass is 431 g/mol. The molecule has 0 aliphatic carbocycles. The number of rotatable bonds is 5. The van der Waals surface area contributed by atoms with E-state index in [1.807, 2.05) is 50.2 Å². The van der Waals surface area contributed by atoms with E-state index in [1.54, 1.807) is 13.3 Å².